The van der Waals surface area contributed by atoms with Crippen molar-refractivity contribution in [3.8, 4) is 0 Å². The second kappa shape index (κ2) is 6.74. The number of rotatable bonds is 5. The highest BCUT2D eigenvalue weighted by molar-refractivity contribution is 5.84. The minimum Gasteiger partial charge on any atom is -0.323 e. The highest BCUT2D eigenvalue weighted by atomic mass is 16.2. The molecule has 2 rings (SSSR count). The molecule has 4 unspecified atom stereocenters. The lowest BCUT2D eigenvalue weighted by molar-refractivity contribution is -0.133. The van der Waals surface area contributed by atoms with Crippen molar-refractivity contribution < 1.29 is 4.79 Å². The van der Waals surface area contributed by atoms with Gasteiger partial charge in [0.2, 0.25) is 5.91 Å². The first kappa shape index (κ1) is 14.8. The summed E-state index contributed by atoms with van der Waals surface area (Å²) in [5, 5.41) is 3.55. The number of nitrogens with one attached hydrogen (secondary N) is 1. The van der Waals surface area contributed by atoms with Crippen molar-refractivity contribution in [2.45, 2.75) is 90.4 Å². The summed E-state index contributed by atoms with van der Waals surface area (Å²) in [4.78, 5) is 14.8. The van der Waals surface area contributed by atoms with E-state index in [1.165, 1.54) is 32.1 Å². The zero-order chi connectivity index (χ0) is 13.8. The number of carbonyl (C=O) groups is 1. The Kier molecular flexibility index (Phi) is 5.26. The molecule has 3 nitrogen and oxygen atoms in total. The third-order valence-electron chi connectivity index (χ3n) is 4.98. The Morgan fingerprint density at radius 2 is 2.00 bits per heavy atom. The molecule has 0 bridgehead atoms. The predicted molar refractivity (Wildman–Crippen MR) is 78.8 cm³/mol. The van der Waals surface area contributed by atoms with Gasteiger partial charge < -0.3 is 4.90 Å². The SMILES string of the molecule is CCCC1NC(CC)C(=O)N1C1CCCC(CC)C1. The standard InChI is InChI=1S/C16H30N2O/c1-4-8-15-17-14(6-3)16(19)18(15)13-10-7-9-12(5-2)11-13/h12-15,17H,4-11H2,1-3H3. The minimum atomic E-state index is 0.0681. The quantitative estimate of drug-likeness (QED) is 0.828. The van der Waals surface area contributed by atoms with Crippen molar-refractivity contribution in [1.29, 1.82) is 0 Å². The third-order valence-corrected chi connectivity index (χ3v) is 4.98. The molecule has 1 saturated heterocycles. The zero-order valence-electron chi connectivity index (χ0n) is 12.8. The van der Waals surface area contributed by atoms with Crippen molar-refractivity contribution in [3.05, 3.63) is 0 Å². The molecule has 3 heteroatoms. The molecule has 2 aliphatic rings. The maximum atomic E-state index is 12.6. The summed E-state index contributed by atoms with van der Waals surface area (Å²) in [5.41, 5.74) is 0. The van der Waals surface area contributed by atoms with Crippen LogP contribution in [0.3, 0.4) is 0 Å². The third kappa shape index (κ3) is 3.13. The monoisotopic (exact) mass is 266 g/mol. The molecule has 0 aromatic carbocycles. The second-order valence-electron chi connectivity index (χ2n) is 6.27. The second-order valence-corrected chi connectivity index (χ2v) is 6.27. The van der Waals surface area contributed by atoms with E-state index in [2.05, 4.69) is 31.0 Å². The van der Waals surface area contributed by atoms with E-state index in [4.69, 9.17) is 0 Å². The van der Waals surface area contributed by atoms with Gasteiger partial charge in [0.15, 0.2) is 0 Å². The average Bonchev–Trinajstić information content (AvgIpc) is 2.75. The maximum absolute atomic E-state index is 12.6. The first-order valence-electron chi connectivity index (χ1n) is 8.29. The van der Waals surface area contributed by atoms with Gasteiger partial charge >= 0.3 is 0 Å². The Bertz CT molecular complexity index is 305. The van der Waals surface area contributed by atoms with Crippen LogP contribution >= 0.6 is 0 Å². The fourth-order valence-electron chi connectivity index (χ4n) is 3.83. The molecule has 0 aromatic heterocycles. The summed E-state index contributed by atoms with van der Waals surface area (Å²) in [5.74, 6) is 1.19. The first-order chi connectivity index (χ1) is 9.21. The van der Waals surface area contributed by atoms with Crippen LogP contribution in [0.15, 0.2) is 0 Å². The molecule has 0 aromatic rings. The topological polar surface area (TPSA) is 32.3 Å². The van der Waals surface area contributed by atoms with Crippen LogP contribution in [0.5, 0.6) is 0 Å². The summed E-state index contributed by atoms with van der Waals surface area (Å²) in [6.07, 6.45) is 9.79. The lowest BCUT2D eigenvalue weighted by Gasteiger charge is -2.38. The van der Waals surface area contributed by atoms with Crippen molar-refractivity contribution in [2.24, 2.45) is 5.92 Å². The van der Waals surface area contributed by atoms with Crippen molar-refractivity contribution in [1.82, 2.24) is 10.2 Å². The molecule has 0 radical (unpaired) electrons. The molecule has 1 aliphatic heterocycles. The van der Waals surface area contributed by atoms with Crippen molar-refractivity contribution in [3.63, 3.8) is 0 Å². The predicted octanol–water partition coefficient (Wildman–Crippen LogP) is 3.29. The van der Waals surface area contributed by atoms with Crippen LogP contribution in [0.1, 0.15) is 72.1 Å². The van der Waals surface area contributed by atoms with Gasteiger partial charge in [-0.25, -0.2) is 0 Å². The van der Waals surface area contributed by atoms with E-state index in [0.29, 0.717) is 18.1 Å². The highest BCUT2D eigenvalue weighted by Gasteiger charge is 2.42. The Morgan fingerprint density at radius 3 is 2.63 bits per heavy atom. The van der Waals surface area contributed by atoms with Gasteiger partial charge in [-0.2, -0.15) is 0 Å². The van der Waals surface area contributed by atoms with Gasteiger partial charge in [-0.1, -0.05) is 46.5 Å². The van der Waals surface area contributed by atoms with E-state index in [9.17, 15) is 4.79 Å². The Labute approximate surface area is 118 Å². The van der Waals surface area contributed by atoms with E-state index in [0.717, 1.165) is 25.2 Å². The summed E-state index contributed by atoms with van der Waals surface area (Å²) in [6, 6.07) is 0.561. The summed E-state index contributed by atoms with van der Waals surface area (Å²) >= 11 is 0. The fourth-order valence-corrected chi connectivity index (χ4v) is 3.83. The van der Waals surface area contributed by atoms with Crippen LogP contribution in [-0.4, -0.2) is 29.1 Å². The number of hydrogen-bond acceptors (Lipinski definition) is 2. The largest absolute Gasteiger partial charge is 0.323 e. The van der Waals surface area contributed by atoms with Crippen LogP contribution in [0.25, 0.3) is 0 Å². The molecule has 19 heavy (non-hydrogen) atoms. The molecular weight excluding hydrogens is 236 g/mol. The van der Waals surface area contributed by atoms with Crippen LogP contribution in [0.2, 0.25) is 0 Å². The molecule has 110 valence electrons. The van der Waals surface area contributed by atoms with Crippen LogP contribution in [0, 0.1) is 5.92 Å². The van der Waals surface area contributed by atoms with Gasteiger partial charge in [0.25, 0.3) is 0 Å². The minimum absolute atomic E-state index is 0.0681. The van der Waals surface area contributed by atoms with E-state index in [1.54, 1.807) is 0 Å². The first-order valence-corrected chi connectivity index (χ1v) is 8.29. The zero-order valence-corrected chi connectivity index (χ0v) is 12.8. The summed E-state index contributed by atoms with van der Waals surface area (Å²) in [6.45, 7) is 6.60. The normalized spacial score (nSPS) is 35.9. The lowest BCUT2D eigenvalue weighted by Crippen LogP contribution is -2.46. The molecule has 1 amide bonds. The van der Waals surface area contributed by atoms with Gasteiger partial charge in [-0.05, 0) is 31.6 Å². The molecule has 0 spiro atoms. The molecule has 1 aliphatic carbocycles. The number of carbonyl (C=O) groups excluding carboxylic acids is 1. The van der Waals surface area contributed by atoms with Crippen LogP contribution in [-0.2, 0) is 4.79 Å². The van der Waals surface area contributed by atoms with Gasteiger partial charge in [-0.3, -0.25) is 10.1 Å². The molecule has 4 atom stereocenters. The Morgan fingerprint density at radius 1 is 1.21 bits per heavy atom. The maximum Gasteiger partial charge on any atom is 0.241 e. The molecule has 1 saturated carbocycles. The summed E-state index contributed by atoms with van der Waals surface area (Å²) < 4.78 is 0. The molecule has 1 heterocycles. The van der Waals surface area contributed by atoms with Crippen LogP contribution in [0.4, 0.5) is 0 Å². The fraction of sp³-hybridized carbons (Fsp3) is 0.938. The van der Waals surface area contributed by atoms with Crippen molar-refractivity contribution >= 4 is 5.91 Å². The van der Waals surface area contributed by atoms with E-state index >= 15 is 0 Å². The van der Waals surface area contributed by atoms with Gasteiger partial charge in [0.05, 0.1) is 12.2 Å². The van der Waals surface area contributed by atoms with E-state index in [-0.39, 0.29) is 6.04 Å². The highest BCUT2D eigenvalue weighted by Crippen LogP contribution is 2.33. The van der Waals surface area contributed by atoms with Gasteiger partial charge in [-0.15, -0.1) is 0 Å². The Balaban J connectivity index is 2.07. The molecule has 2 fully saturated rings. The van der Waals surface area contributed by atoms with E-state index < -0.39 is 0 Å². The van der Waals surface area contributed by atoms with Crippen molar-refractivity contribution in [2.75, 3.05) is 0 Å². The van der Waals surface area contributed by atoms with Crippen LogP contribution < -0.4 is 5.32 Å². The molecular formula is C16H30N2O. The lowest BCUT2D eigenvalue weighted by atomic mass is 9.83. The van der Waals surface area contributed by atoms with Gasteiger partial charge in [0, 0.05) is 6.04 Å². The average molecular weight is 266 g/mol. The number of hydrogen-bond donors (Lipinski definition) is 1. The molecule has 1 N–H and O–H groups in total. The Hall–Kier alpha value is -0.570. The number of amides is 1. The van der Waals surface area contributed by atoms with E-state index in [1.807, 2.05) is 0 Å². The smallest absolute Gasteiger partial charge is 0.241 e. The van der Waals surface area contributed by atoms with Gasteiger partial charge in [0.1, 0.15) is 0 Å². The number of nitrogens with zero attached hydrogens (tertiary/aromatic N) is 1. The summed E-state index contributed by atoms with van der Waals surface area (Å²) in [7, 11) is 0.